The van der Waals surface area contributed by atoms with Crippen molar-refractivity contribution < 1.29 is 9.18 Å². The van der Waals surface area contributed by atoms with Gasteiger partial charge in [0, 0.05) is 16.9 Å². The highest BCUT2D eigenvalue weighted by atomic mass is 35.5. The number of aromatic nitrogens is 3. The van der Waals surface area contributed by atoms with Gasteiger partial charge in [-0.1, -0.05) is 29.8 Å². The Kier molecular flexibility index (Phi) is 6.46. The monoisotopic (exact) mass is 462 g/mol. The maximum atomic E-state index is 13.9. The molecule has 0 saturated carbocycles. The number of carbonyl (C=O) groups is 1. The lowest BCUT2D eigenvalue weighted by molar-refractivity contribution is -0.117. The normalized spacial score (nSPS) is 10.7. The van der Waals surface area contributed by atoms with Crippen LogP contribution in [-0.2, 0) is 11.3 Å². The van der Waals surface area contributed by atoms with Crippen molar-refractivity contribution in [3.8, 4) is 11.3 Å². The average Bonchev–Trinajstić information content (AvgIpc) is 3.32. The second-order valence-corrected chi connectivity index (χ2v) is 7.79. The standard InChI is InChI=1S/C24H20ClFN6O/c25-18-9-16(10-19(26)11-18)14-32(20-6-4-17(5-7-20)21-13-29-15-30-21)24(33)12-23(28)31-8-2-1-3-22(31)27/h1-11,13,15,27-28H,12,14H2,(H,29,30). The molecule has 0 fully saturated rings. The van der Waals surface area contributed by atoms with Gasteiger partial charge in [0.1, 0.15) is 17.1 Å². The van der Waals surface area contributed by atoms with Gasteiger partial charge in [-0.25, -0.2) is 9.37 Å². The molecule has 4 aromatic rings. The largest absolute Gasteiger partial charge is 0.345 e. The summed E-state index contributed by atoms with van der Waals surface area (Å²) in [5.74, 6) is -0.904. The van der Waals surface area contributed by atoms with Crippen molar-refractivity contribution in [3.05, 3.63) is 101 Å². The number of hydrogen-bond donors (Lipinski definition) is 3. The van der Waals surface area contributed by atoms with E-state index in [-0.39, 0.29) is 35.2 Å². The van der Waals surface area contributed by atoms with Crippen molar-refractivity contribution in [1.29, 1.82) is 10.8 Å². The first-order chi connectivity index (χ1) is 15.9. The minimum absolute atomic E-state index is 0.0399. The molecular weight excluding hydrogens is 443 g/mol. The van der Waals surface area contributed by atoms with Crippen LogP contribution in [0.15, 0.2) is 79.4 Å². The molecule has 0 spiro atoms. The first-order valence-electron chi connectivity index (χ1n) is 10.0. The average molecular weight is 463 g/mol. The summed E-state index contributed by atoms with van der Waals surface area (Å²) in [5, 5.41) is 16.5. The summed E-state index contributed by atoms with van der Waals surface area (Å²) >= 11 is 6.01. The van der Waals surface area contributed by atoms with Crippen LogP contribution in [0.5, 0.6) is 0 Å². The molecule has 0 bridgehead atoms. The molecule has 0 unspecified atom stereocenters. The number of H-pyrrole nitrogens is 1. The van der Waals surface area contributed by atoms with Gasteiger partial charge >= 0.3 is 0 Å². The number of nitrogens with zero attached hydrogens (tertiary/aromatic N) is 3. The van der Waals surface area contributed by atoms with Crippen LogP contribution in [0.4, 0.5) is 10.1 Å². The number of carbonyl (C=O) groups excluding carboxylic acids is 1. The second-order valence-electron chi connectivity index (χ2n) is 7.35. The number of aromatic amines is 1. The molecule has 9 heteroatoms. The molecule has 0 aliphatic carbocycles. The summed E-state index contributed by atoms with van der Waals surface area (Å²) < 4.78 is 15.2. The van der Waals surface area contributed by atoms with Crippen LogP contribution < -0.4 is 10.4 Å². The van der Waals surface area contributed by atoms with Gasteiger partial charge < -0.3 is 9.88 Å². The number of hydrogen-bond acceptors (Lipinski definition) is 4. The van der Waals surface area contributed by atoms with Crippen LogP contribution in [0.2, 0.25) is 5.02 Å². The Bertz CT molecular complexity index is 1330. The molecule has 4 rings (SSSR count). The summed E-state index contributed by atoms with van der Waals surface area (Å²) in [6, 6.07) is 16.3. The van der Waals surface area contributed by atoms with Crippen LogP contribution >= 0.6 is 11.6 Å². The van der Waals surface area contributed by atoms with Crippen molar-refractivity contribution in [2.24, 2.45) is 0 Å². The number of imidazole rings is 1. The van der Waals surface area contributed by atoms with Gasteiger partial charge in [-0.2, -0.15) is 0 Å². The fraction of sp³-hybridized carbons (Fsp3) is 0.0833. The highest BCUT2D eigenvalue weighted by molar-refractivity contribution is 6.30. The number of rotatable bonds is 6. The molecule has 33 heavy (non-hydrogen) atoms. The van der Waals surface area contributed by atoms with Crippen molar-refractivity contribution >= 4 is 29.0 Å². The van der Waals surface area contributed by atoms with E-state index >= 15 is 0 Å². The molecule has 0 aliphatic heterocycles. The minimum atomic E-state index is -0.495. The fourth-order valence-electron chi connectivity index (χ4n) is 3.45. The smallest absolute Gasteiger partial charge is 0.234 e. The third-order valence-corrected chi connectivity index (χ3v) is 5.24. The Hall–Kier alpha value is -4.04. The van der Waals surface area contributed by atoms with Crippen LogP contribution in [0.25, 0.3) is 11.3 Å². The molecule has 2 aromatic heterocycles. The Balaban J connectivity index is 1.64. The highest BCUT2D eigenvalue weighted by Gasteiger charge is 2.20. The van der Waals surface area contributed by atoms with Crippen LogP contribution in [0, 0.1) is 16.6 Å². The van der Waals surface area contributed by atoms with Crippen molar-refractivity contribution in [3.63, 3.8) is 0 Å². The van der Waals surface area contributed by atoms with E-state index < -0.39 is 5.82 Å². The van der Waals surface area contributed by atoms with Gasteiger partial charge in [0.2, 0.25) is 5.91 Å². The summed E-state index contributed by atoms with van der Waals surface area (Å²) in [4.78, 5) is 21.8. The summed E-state index contributed by atoms with van der Waals surface area (Å²) in [7, 11) is 0. The van der Waals surface area contributed by atoms with E-state index in [1.165, 1.54) is 21.6 Å². The molecule has 0 atom stereocenters. The molecule has 3 N–H and O–H groups in total. The Morgan fingerprint density at radius 3 is 2.61 bits per heavy atom. The fourth-order valence-corrected chi connectivity index (χ4v) is 3.69. The van der Waals surface area contributed by atoms with Crippen molar-refractivity contribution in [2.75, 3.05) is 4.90 Å². The number of amides is 1. The summed E-state index contributed by atoms with van der Waals surface area (Å²) in [6.07, 6.45) is 4.60. The quantitative estimate of drug-likeness (QED) is 0.288. The topological polar surface area (TPSA) is 102 Å². The maximum Gasteiger partial charge on any atom is 0.234 e. The molecule has 166 valence electrons. The number of benzene rings is 2. The highest BCUT2D eigenvalue weighted by Crippen LogP contribution is 2.25. The van der Waals surface area contributed by atoms with Gasteiger partial charge in [-0.05, 0) is 53.6 Å². The predicted octanol–water partition coefficient (Wildman–Crippen LogP) is 4.60. The van der Waals surface area contributed by atoms with E-state index in [0.29, 0.717) is 11.3 Å². The maximum absolute atomic E-state index is 13.9. The summed E-state index contributed by atoms with van der Waals surface area (Å²) in [6.45, 7) is 0.0696. The number of pyridine rings is 1. The van der Waals surface area contributed by atoms with E-state index in [2.05, 4.69) is 9.97 Å². The van der Waals surface area contributed by atoms with Crippen molar-refractivity contribution in [2.45, 2.75) is 13.0 Å². The lowest BCUT2D eigenvalue weighted by Crippen LogP contribution is -2.35. The molecule has 7 nitrogen and oxygen atoms in total. The number of halogens is 2. The molecule has 2 aromatic carbocycles. The first kappa shape index (κ1) is 22.2. The van der Waals surface area contributed by atoms with E-state index in [0.717, 1.165) is 11.3 Å². The molecular formula is C24H20ClFN6O. The van der Waals surface area contributed by atoms with E-state index in [1.54, 1.807) is 55.1 Å². The second kappa shape index (κ2) is 9.62. The third kappa shape index (κ3) is 5.24. The number of anilines is 1. The van der Waals surface area contributed by atoms with Crippen LogP contribution in [-0.4, -0.2) is 26.3 Å². The molecule has 0 aliphatic rings. The molecule has 2 heterocycles. The Morgan fingerprint density at radius 2 is 1.94 bits per heavy atom. The SMILES string of the molecule is N=C(CC(=O)N(Cc1cc(F)cc(Cl)c1)c1ccc(-c2cnc[nH]2)cc1)n1ccccc1=N. The van der Waals surface area contributed by atoms with Gasteiger partial charge in [0.05, 0.1) is 31.2 Å². The van der Waals surface area contributed by atoms with Gasteiger partial charge in [-0.3, -0.25) is 20.2 Å². The zero-order chi connectivity index (χ0) is 23.4. The Labute approximate surface area is 194 Å². The van der Waals surface area contributed by atoms with E-state index in [1.807, 2.05) is 12.1 Å². The lowest BCUT2D eigenvalue weighted by Gasteiger charge is -2.24. The van der Waals surface area contributed by atoms with Gasteiger partial charge in [-0.15, -0.1) is 0 Å². The Morgan fingerprint density at radius 1 is 1.15 bits per heavy atom. The number of nitrogens with one attached hydrogen (secondary N) is 3. The predicted molar refractivity (Wildman–Crippen MR) is 125 cm³/mol. The third-order valence-electron chi connectivity index (χ3n) is 5.02. The lowest BCUT2D eigenvalue weighted by atomic mass is 10.1. The van der Waals surface area contributed by atoms with Crippen LogP contribution in [0.1, 0.15) is 12.0 Å². The van der Waals surface area contributed by atoms with Gasteiger partial charge in [0.15, 0.2) is 0 Å². The first-order valence-corrected chi connectivity index (χ1v) is 10.4. The van der Waals surface area contributed by atoms with E-state index in [4.69, 9.17) is 22.4 Å². The van der Waals surface area contributed by atoms with E-state index in [9.17, 15) is 9.18 Å². The minimum Gasteiger partial charge on any atom is -0.345 e. The molecule has 1 amide bonds. The molecule has 0 radical (unpaired) electrons. The summed E-state index contributed by atoms with van der Waals surface area (Å²) in [5.41, 5.74) is 2.93. The van der Waals surface area contributed by atoms with Gasteiger partial charge in [0.25, 0.3) is 0 Å². The van der Waals surface area contributed by atoms with Crippen LogP contribution in [0.3, 0.4) is 0 Å². The van der Waals surface area contributed by atoms with Crippen molar-refractivity contribution in [1.82, 2.24) is 14.5 Å². The zero-order valence-corrected chi connectivity index (χ0v) is 18.2. The molecule has 0 saturated heterocycles. The zero-order valence-electron chi connectivity index (χ0n) is 17.4.